The van der Waals surface area contributed by atoms with Gasteiger partial charge in [0.15, 0.2) is 0 Å². The smallest absolute Gasteiger partial charge is 0.292 e. The third-order valence-electron chi connectivity index (χ3n) is 3.85. The van der Waals surface area contributed by atoms with Gasteiger partial charge in [0.05, 0.1) is 23.7 Å². The summed E-state index contributed by atoms with van der Waals surface area (Å²) in [4.78, 5) is 35.7. The Hall–Kier alpha value is -3.40. The zero-order valence-corrected chi connectivity index (χ0v) is 15.6. The van der Waals surface area contributed by atoms with Crippen LogP contribution in [0.3, 0.4) is 0 Å². The average molecular weight is 390 g/mol. The van der Waals surface area contributed by atoms with Gasteiger partial charge in [-0.1, -0.05) is 0 Å². The van der Waals surface area contributed by atoms with Gasteiger partial charge in [0.2, 0.25) is 0 Å². The van der Waals surface area contributed by atoms with Crippen LogP contribution in [0.1, 0.15) is 10.4 Å². The van der Waals surface area contributed by atoms with Gasteiger partial charge in [0.25, 0.3) is 17.2 Å². The van der Waals surface area contributed by atoms with Gasteiger partial charge in [0.1, 0.15) is 11.4 Å². The molecule has 150 valence electrons. The van der Waals surface area contributed by atoms with Crippen LogP contribution >= 0.6 is 0 Å². The second kappa shape index (κ2) is 9.51. The number of rotatable bonds is 9. The van der Waals surface area contributed by atoms with Gasteiger partial charge in [-0.15, -0.1) is 0 Å². The van der Waals surface area contributed by atoms with E-state index in [1.165, 1.54) is 46.0 Å². The molecule has 0 fully saturated rings. The molecule has 1 aromatic carbocycles. The predicted octanol–water partition coefficient (Wildman–Crippen LogP) is 1.29. The lowest BCUT2D eigenvalue weighted by molar-refractivity contribution is -0.384. The summed E-state index contributed by atoms with van der Waals surface area (Å²) in [6.07, 6.45) is 1.49. The Morgan fingerprint density at radius 1 is 1.29 bits per heavy atom. The largest absolute Gasteiger partial charge is 0.508 e. The molecule has 0 atom stereocenters. The molecule has 1 heterocycles. The van der Waals surface area contributed by atoms with Gasteiger partial charge in [-0.2, -0.15) is 0 Å². The number of ether oxygens (including phenoxy) is 1. The van der Waals surface area contributed by atoms with Crippen LogP contribution in [0.5, 0.6) is 5.75 Å². The third-order valence-corrected chi connectivity index (χ3v) is 3.85. The molecule has 0 spiro atoms. The van der Waals surface area contributed by atoms with Crippen molar-refractivity contribution in [3.63, 3.8) is 0 Å². The number of nitro groups is 1. The number of phenols is 1. The minimum atomic E-state index is -0.545. The number of nitrogens with one attached hydrogen (secondary N) is 1. The van der Waals surface area contributed by atoms with Gasteiger partial charge >= 0.3 is 0 Å². The molecule has 2 N–H and O–H groups in total. The number of nitrogens with zero attached hydrogens (tertiary/aromatic N) is 3. The highest BCUT2D eigenvalue weighted by Crippen LogP contribution is 2.27. The fourth-order valence-corrected chi connectivity index (χ4v) is 2.44. The van der Waals surface area contributed by atoms with Crippen LogP contribution in [0, 0.1) is 10.1 Å². The maximum Gasteiger partial charge on any atom is 0.292 e. The Morgan fingerprint density at radius 3 is 2.71 bits per heavy atom. The van der Waals surface area contributed by atoms with Crippen LogP contribution in [-0.2, 0) is 11.3 Å². The monoisotopic (exact) mass is 390 g/mol. The summed E-state index contributed by atoms with van der Waals surface area (Å²) in [6, 6.07) is 6.54. The number of aromatic hydroxyl groups is 1. The molecule has 0 radical (unpaired) electrons. The molecule has 28 heavy (non-hydrogen) atoms. The molecule has 0 bridgehead atoms. The van der Waals surface area contributed by atoms with E-state index in [1.807, 2.05) is 0 Å². The number of anilines is 1. The van der Waals surface area contributed by atoms with E-state index in [0.717, 1.165) is 0 Å². The zero-order chi connectivity index (χ0) is 20.7. The van der Waals surface area contributed by atoms with E-state index in [1.54, 1.807) is 14.1 Å². The van der Waals surface area contributed by atoms with E-state index < -0.39 is 4.92 Å². The molecule has 0 aliphatic heterocycles. The Morgan fingerprint density at radius 2 is 2.04 bits per heavy atom. The highest BCUT2D eigenvalue weighted by atomic mass is 16.6. The molecule has 10 nitrogen and oxygen atoms in total. The molecule has 1 amide bonds. The number of nitro benzene ring substituents is 1. The average Bonchev–Trinajstić information content (AvgIpc) is 2.65. The number of aromatic nitrogens is 1. The van der Waals surface area contributed by atoms with Crippen LogP contribution < -0.4 is 10.9 Å². The van der Waals surface area contributed by atoms with Crippen molar-refractivity contribution in [2.75, 3.05) is 39.2 Å². The lowest BCUT2D eigenvalue weighted by atomic mass is 10.2. The van der Waals surface area contributed by atoms with E-state index in [0.29, 0.717) is 5.56 Å². The predicted molar refractivity (Wildman–Crippen MR) is 103 cm³/mol. The number of hydrogen-bond acceptors (Lipinski definition) is 7. The summed E-state index contributed by atoms with van der Waals surface area (Å²) < 4.78 is 6.84. The standard InChI is InChI=1S/C18H22N4O6/c1-20(2)18(25)13-3-6-17(24)21(12-13)8-10-28-9-7-19-15-11-14(23)4-5-16(15)22(26)27/h3-6,11-12,19,23H,7-10H2,1-2H3. The summed E-state index contributed by atoms with van der Waals surface area (Å²) in [6.45, 7) is 0.999. The highest BCUT2D eigenvalue weighted by Gasteiger charge is 2.13. The lowest BCUT2D eigenvalue weighted by Crippen LogP contribution is -2.27. The van der Waals surface area contributed by atoms with E-state index in [9.17, 15) is 24.8 Å². The molecule has 0 saturated carbocycles. The molecule has 0 aliphatic carbocycles. The number of hydrogen-bond donors (Lipinski definition) is 2. The number of pyridine rings is 1. The SMILES string of the molecule is CN(C)C(=O)c1ccc(=O)n(CCOCCNc2cc(O)ccc2[N+](=O)[O-])c1. The van der Waals surface area contributed by atoms with Crippen molar-refractivity contribution in [2.45, 2.75) is 6.54 Å². The van der Waals surface area contributed by atoms with Crippen molar-refractivity contribution in [1.29, 1.82) is 0 Å². The minimum Gasteiger partial charge on any atom is -0.508 e. The second-order valence-electron chi connectivity index (χ2n) is 6.15. The van der Waals surface area contributed by atoms with Crippen LogP contribution in [0.4, 0.5) is 11.4 Å². The first kappa shape index (κ1) is 20.9. The topological polar surface area (TPSA) is 127 Å². The maximum atomic E-state index is 12.0. The van der Waals surface area contributed by atoms with Crippen LogP contribution in [0.15, 0.2) is 41.3 Å². The molecule has 0 saturated heterocycles. The zero-order valence-electron chi connectivity index (χ0n) is 15.6. The van der Waals surface area contributed by atoms with Crippen molar-refractivity contribution in [3.05, 3.63) is 62.6 Å². The van der Waals surface area contributed by atoms with E-state index in [4.69, 9.17) is 4.74 Å². The molecule has 0 aliphatic rings. The number of benzene rings is 1. The van der Waals surface area contributed by atoms with Gasteiger partial charge in [-0.05, 0) is 12.1 Å². The van der Waals surface area contributed by atoms with Crippen molar-refractivity contribution >= 4 is 17.3 Å². The summed E-state index contributed by atoms with van der Waals surface area (Å²) >= 11 is 0. The van der Waals surface area contributed by atoms with Crippen LogP contribution in [0.25, 0.3) is 0 Å². The quantitative estimate of drug-likeness (QED) is 0.375. The number of amides is 1. The minimum absolute atomic E-state index is 0.0828. The Balaban J connectivity index is 1.84. The summed E-state index contributed by atoms with van der Waals surface area (Å²) in [5.74, 6) is -0.285. The van der Waals surface area contributed by atoms with Gasteiger partial charge in [0, 0.05) is 51.6 Å². The third kappa shape index (κ3) is 5.55. The Kier molecular flexibility index (Phi) is 7.10. The molecular weight excluding hydrogens is 368 g/mol. The van der Waals surface area contributed by atoms with Crippen molar-refractivity contribution in [1.82, 2.24) is 9.47 Å². The summed E-state index contributed by atoms with van der Waals surface area (Å²) in [5.41, 5.74) is 0.210. The molecule has 2 rings (SSSR count). The number of carbonyl (C=O) groups is 1. The second-order valence-corrected chi connectivity index (χ2v) is 6.15. The molecule has 1 aromatic heterocycles. The lowest BCUT2D eigenvalue weighted by Gasteiger charge is -2.12. The molecule has 2 aromatic rings. The summed E-state index contributed by atoms with van der Waals surface area (Å²) in [7, 11) is 3.26. The van der Waals surface area contributed by atoms with Crippen molar-refractivity contribution < 1.29 is 19.6 Å². The van der Waals surface area contributed by atoms with Crippen LogP contribution in [-0.4, -0.2) is 59.3 Å². The molecular formula is C18H22N4O6. The van der Waals surface area contributed by atoms with E-state index in [-0.39, 0.29) is 54.9 Å². The van der Waals surface area contributed by atoms with E-state index >= 15 is 0 Å². The fraction of sp³-hybridized carbons (Fsp3) is 0.333. The first-order valence-electron chi connectivity index (χ1n) is 8.50. The van der Waals surface area contributed by atoms with E-state index in [2.05, 4.69) is 5.32 Å². The first-order valence-corrected chi connectivity index (χ1v) is 8.50. The van der Waals surface area contributed by atoms with Crippen molar-refractivity contribution in [2.24, 2.45) is 0 Å². The maximum absolute atomic E-state index is 12.0. The Labute approximate surface area is 161 Å². The fourth-order valence-electron chi connectivity index (χ4n) is 2.44. The highest BCUT2D eigenvalue weighted by molar-refractivity contribution is 5.93. The summed E-state index contributed by atoms with van der Waals surface area (Å²) in [5, 5.41) is 23.3. The molecule has 0 unspecified atom stereocenters. The number of carbonyl (C=O) groups excluding carboxylic acids is 1. The van der Waals surface area contributed by atoms with Crippen LogP contribution in [0.2, 0.25) is 0 Å². The first-order chi connectivity index (χ1) is 13.3. The number of phenolic OH excluding ortho intramolecular Hbond substituents is 1. The van der Waals surface area contributed by atoms with Gasteiger partial charge < -0.3 is 24.6 Å². The van der Waals surface area contributed by atoms with Gasteiger partial charge in [-0.25, -0.2) is 0 Å². The van der Waals surface area contributed by atoms with Gasteiger partial charge in [-0.3, -0.25) is 19.7 Å². The normalized spacial score (nSPS) is 10.5. The van der Waals surface area contributed by atoms with Crippen molar-refractivity contribution in [3.8, 4) is 5.75 Å². The molecule has 10 heteroatoms. The Bertz CT molecular complexity index is 909.